The molecule has 2 N–H and O–H groups in total. The SMILES string of the molecule is CN=C(NCCc1ncc(C)s1)NCc1ccc(OC)cc1C(F)(F)F. The third-order valence-corrected chi connectivity index (χ3v) is 4.57. The second-order valence-electron chi connectivity index (χ2n) is 5.49. The van der Waals surface area contributed by atoms with E-state index in [1.165, 1.54) is 19.2 Å². The minimum absolute atomic E-state index is 0.00509. The second kappa shape index (κ2) is 8.88. The molecule has 1 heterocycles. The van der Waals surface area contributed by atoms with Crippen LogP contribution in [0.4, 0.5) is 13.2 Å². The van der Waals surface area contributed by atoms with Crippen LogP contribution < -0.4 is 15.4 Å². The predicted octanol–water partition coefficient (Wildman–Crippen LogP) is 3.39. The summed E-state index contributed by atoms with van der Waals surface area (Å²) in [7, 11) is 2.91. The van der Waals surface area contributed by atoms with Crippen LogP contribution in [-0.2, 0) is 19.1 Å². The Hall–Kier alpha value is -2.29. The first-order valence-electron chi connectivity index (χ1n) is 7.93. The molecule has 0 aliphatic heterocycles. The molecule has 26 heavy (non-hydrogen) atoms. The summed E-state index contributed by atoms with van der Waals surface area (Å²) in [5.74, 6) is 0.601. The van der Waals surface area contributed by atoms with E-state index in [1.807, 2.05) is 13.1 Å². The molecule has 0 fully saturated rings. The number of hydrogen-bond donors (Lipinski definition) is 2. The van der Waals surface area contributed by atoms with Crippen LogP contribution in [0.5, 0.6) is 5.75 Å². The van der Waals surface area contributed by atoms with Gasteiger partial charge in [-0.3, -0.25) is 4.99 Å². The average Bonchev–Trinajstić information content (AvgIpc) is 3.02. The molecule has 0 spiro atoms. The zero-order chi connectivity index (χ0) is 19.2. The highest BCUT2D eigenvalue weighted by atomic mass is 32.1. The van der Waals surface area contributed by atoms with Crippen molar-refractivity contribution in [2.75, 3.05) is 20.7 Å². The van der Waals surface area contributed by atoms with Crippen molar-refractivity contribution in [1.82, 2.24) is 15.6 Å². The zero-order valence-electron chi connectivity index (χ0n) is 14.8. The van der Waals surface area contributed by atoms with Crippen molar-refractivity contribution in [2.45, 2.75) is 26.1 Å². The van der Waals surface area contributed by atoms with E-state index in [9.17, 15) is 13.2 Å². The van der Waals surface area contributed by atoms with Crippen molar-refractivity contribution in [2.24, 2.45) is 4.99 Å². The number of guanidine groups is 1. The molecule has 0 amide bonds. The van der Waals surface area contributed by atoms with Crippen LogP contribution in [0.25, 0.3) is 0 Å². The maximum Gasteiger partial charge on any atom is 0.416 e. The van der Waals surface area contributed by atoms with Gasteiger partial charge in [0.25, 0.3) is 0 Å². The lowest BCUT2D eigenvalue weighted by molar-refractivity contribution is -0.138. The molecule has 9 heteroatoms. The van der Waals surface area contributed by atoms with E-state index in [0.29, 0.717) is 12.5 Å². The highest BCUT2D eigenvalue weighted by molar-refractivity contribution is 7.11. The number of ether oxygens (including phenoxy) is 1. The van der Waals surface area contributed by atoms with Crippen LogP contribution in [0, 0.1) is 6.92 Å². The Bertz CT molecular complexity index is 759. The van der Waals surface area contributed by atoms with Crippen LogP contribution in [0.2, 0.25) is 0 Å². The highest BCUT2D eigenvalue weighted by Crippen LogP contribution is 2.34. The summed E-state index contributed by atoms with van der Waals surface area (Å²) < 4.78 is 44.6. The smallest absolute Gasteiger partial charge is 0.416 e. The molecule has 5 nitrogen and oxygen atoms in total. The summed E-state index contributed by atoms with van der Waals surface area (Å²) in [6.45, 7) is 2.57. The number of aromatic nitrogens is 1. The largest absolute Gasteiger partial charge is 0.497 e. The molecule has 2 aromatic rings. The van der Waals surface area contributed by atoms with E-state index in [2.05, 4.69) is 20.6 Å². The van der Waals surface area contributed by atoms with Crippen molar-refractivity contribution in [3.8, 4) is 5.75 Å². The number of aliphatic imine (C=N–C) groups is 1. The number of halogens is 3. The van der Waals surface area contributed by atoms with Gasteiger partial charge >= 0.3 is 6.18 Å². The van der Waals surface area contributed by atoms with E-state index in [0.717, 1.165) is 22.4 Å². The zero-order valence-corrected chi connectivity index (χ0v) is 15.6. The summed E-state index contributed by atoms with van der Waals surface area (Å²) in [4.78, 5) is 9.45. The van der Waals surface area contributed by atoms with Crippen LogP contribution >= 0.6 is 11.3 Å². The molecule has 0 bridgehead atoms. The van der Waals surface area contributed by atoms with Crippen molar-refractivity contribution in [3.63, 3.8) is 0 Å². The Morgan fingerprint density at radius 2 is 2.08 bits per heavy atom. The number of methoxy groups -OCH3 is 1. The van der Waals surface area contributed by atoms with Crippen molar-refractivity contribution < 1.29 is 17.9 Å². The minimum atomic E-state index is -4.45. The van der Waals surface area contributed by atoms with Crippen LogP contribution in [0.1, 0.15) is 21.0 Å². The number of aryl methyl sites for hydroxylation is 1. The molecule has 142 valence electrons. The molecule has 0 saturated heterocycles. The highest BCUT2D eigenvalue weighted by Gasteiger charge is 2.33. The second-order valence-corrected chi connectivity index (χ2v) is 6.81. The fourth-order valence-corrected chi connectivity index (χ4v) is 3.09. The number of benzene rings is 1. The summed E-state index contributed by atoms with van der Waals surface area (Å²) >= 11 is 1.62. The lowest BCUT2D eigenvalue weighted by Crippen LogP contribution is -2.38. The van der Waals surface area contributed by atoms with Gasteiger partial charge in [0.2, 0.25) is 0 Å². The van der Waals surface area contributed by atoms with Crippen molar-refractivity contribution in [1.29, 1.82) is 0 Å². The molecule has 0 saturated carbocycles. The van der Waals surface area contributed by atoms with E-state index in [-0.39, 0.29) is 17.9 Å². The molecule has 0 atom stereocenters. The van der Waals surface area contributed by atoms with E-state index in [1.54, 1.807) is 18.4 Å². The van der Waals surface area contributed by atoms with Gasteiger partial charge in [0, 0.05) is 37.6 Å². The van der Waals surface area contributed by atoms with E-state index in [4.69, 9.17) is 4.74 Å². The minimum Gasteiger partial charge on any atom is -0.497 e. The maximum atomic E-state index is 13.2. The van der Waals surface area contributed by atoms with Gasteiger partial charge < -0.3 is 15.4 Å². The number of nitrogens with zero attached hydrogens (tertiary/aromatic N) is 2. The lowest BCUT2D eigenvalue weighted by Gasteiger charge is -2.16. The van der Waals surface area contributed by atoms with Gasteiger partial charge in [0.1, 0.15) is 5.75 Å². The normalized spacial score (nSPS) is 12.2. The van der Waals surface area contributed by atoms with Crippen LogP contribution in [0.3, 0.4) is 0 Å². The molecule has 1 aromatic carbocycles. The Labute approximate surface area is 154 Å². The summed E-state index contributed by atoms with van der Waals surface area (Å²) in [5.41, 5.74) is -0.602. The third kappa shape index (κ3) is 5.62. The number of nitrogens with one attached hydrogen (secondary N) is 2. The van der Waals surface area contributed by atoms with Crippen LogP contribution in [0.15, 0.2) is 29.4 Å². The fraction of sp³-hybridized carbons (Fsp3) is 0.412. The van der Waals surface area contributed by atoms with Gasteiger partial charge in [-0.1, -0.05) is 6.07 Å². The Kier molecular flexibility index (Phi) is 6.84. The van der Waals surface area contributed by atoms with Gasteiger partial charge in [0.15, 0.2) is 5.96 Å². The van der Waals surface area contributed by atoms with Gasteiger partial charge in [0.05, 0.1) is 17.7 Å². The first-order valence-corrected chi connectivity index (χ1v) is 8.75. The molecule has 0 aliphatic carbocycles. The van der Waals surface area contributed by atoms with Gasteiger partial charge in [-0.25, -0.2) is 4.98 Å². The molecule has 0 unspecified atom stereocenters. The third-order valence-electron chi connectivity index (χ3n) is 3.59. The molecular weight excluding hydrogens is 365 g/mol. The average molecular weight is 386 g/mol. The molecular formula is C17H21F3N4OS. The quantitative estimate of drug-likeness (QED) is 0.590. The molecule has 0 aliphatic rings. The summed E-state index contributed by atoms with van der Waals surface area (Å²) in [6, 6.07) is 3.91. The van der Waals surface area contributed by atoms with E-state index >= 15 is 0 Å². The first-order chi connectivity index (χ1) is 12.3. The number of hydrogen-bond acceptors (Lipinski definition) is 4. The first kappa shape index (κ1) is 20.0. The fourth-order valence-electron chi connectivity index (χ4n) is 2.30. The number of alkyl halides is 3. The predicted molar refractivity (Wildman–Crippen MR) is 96.8 cm³/mol. The topological polar surface area (TPSA) is 58.5 Å². The molecule has 0 radical (unpaired) electrons. The Balaban J connectivity index is 1.95. The summed E-state index contributed by atoms with van der Waals surface area (Å²) in [5, 5.41) is 6.99. The van der Waals surface area contributed by atoms with Gasteiger partial charge in [-0.05, 0) is 24.6 Å². The van der Waals surface area contributed by atoms with E-state index < -0.39 is 11.7 Å². The monoisotopic (exact) mass is 386 g/mol. The number of rotatable bonds is 6. The van der Waals surface area contributed by atoms with Crippen molar-refractivity contribution >= 4 is 17.3 Å². The van der Waals surface area contributed by atoms with Gasteiger partial charge in [-0.15, -0.1) is 11.3 Å². The Morgan fingerprint density at radius 1 is 1.31 bits per heavy atom. The lowest BCUT2D eigenvalue weighted by atomic mass is 10.1. The molecule has 1 aromatic heterocycles. The summed E-state index contributed by atoms with van der Waals surface area (Å²) in [6.07, 6.45) is -1.92. The maximum absolute atomic E-state index is 13.2. The van der Waals surface area contributed by atoms with Crippen LogP contribution in [-0.4, -0.2) is 31.6 Å². The standard InChI is InChI=1S/C17H21F3N4OS/c1-11-9-23-15(26-11)6-7-22-16(21-2)24-10-12-4-5-13(25-3)8-14(12)17(18,19)20/h4-5,8-9H,6-7,10H2,1-3H3,(H2,21,22,24). The molecule has 2 rings (SSSR count). The number of thiazole rings is 1. The van der Waals surface area contributed by atoms with Gasteiger partial charge in [-0.2, -0.15) is 13.2 Å². The van der Waals surface area contributed by atoms with Crippen molar-refractivity contribution in [3.05, 3.63) is 45.4 Å². The Morgan fingerprint density at radius 3 is 2.65 bits per heavy atom.